The highest BCUT2D eigenvalue weighted by molar-refractivity contribution is 9.10. The Hall–Kier alpha value is -1.07. The van der Waals surface area contributed by atoms with Gasteiger partial charge in [-0.2, -0.15) is 0 Å². The third kappa shape index (κ3) is 3.96. The normalized spacial score (nSPS) is 11.6. The third-order valence-electron chi connectivity index (χ3n) is 3.61. The monoisotopic (exact) mass is 342 g/mol. The number of para-hydroxylation sites is 1. The Kier molecular flexibility index (Phi) is 6.02. The van der Waals surface area contributed by atoms with Gasteiger partial charge in [0.1, 0.15) is 5.75 Å². The van der Waals surface area contributed by atoms with Gasteiger partial charge in [-0.1, -0.05) is 12.1 Å². The molecule has 5 heteroatoms. The molecule has 0 aliphatic carbocycles. The van der Waals surface area contributed by atoms with E-state index in [-0.39, 0.29) is 5.91 Å². The van der Waals surface area contributed by atoms with Crippen LogP contribution in [0.3, 0.4) is 0 Å². The van der Waals surface area contributed by atoms with E-state index in [4.69, 9.17) is 4.74 Å². The van der Waals surface area contributed by atoms with Gasteiger partial charge in [0.2, 0.25) is 5.91 Å². The van der Waals surface area contributed by atoms with Crippen molar-refractivity contribution in [3.63, 3.8) is 0 Å². The number of hydrogen-bond acceptors (Lipinski definition) is 3. The number of benzene rings is 1. The van der Waals surface area contributed by atoms with Crippen molar-refractivity contribution in [1.29, 1.82) is 0 Å². The SMILES string of the molecule is COc1c(Br)cccc1CCNC(=O)C(C)(C)N(C)C. The summed E-state index contributed by atoms with van der Waals surface area (Å²) in [7, 11) is 5.45. The van der Waals surface area contributed by atoms with Crippen molar-refractivity contribution in [1.82, 2.24) is 10.2 Å². The molecule has 1 N–H and O–H groups in total. The molecule has 0 aliphatic rings. The number of halogens is 1. The number of methoxy groups -OCH3 is 1. The van der Waals surface area contributed by atoms with Crippen molar-refractivity contribution in [2.24, 2.45) is 0 Å². The molecule has 0 radical (unpaired) electrons. The standard InChI is InChI=1S/C15H23BrN2O2/c1-15(2,18(3)4)14(19)17-10-9-11-7-6-8-12(16)13(11)20-5/h6-8H,9-10H2,1-5H3,(H,17,19). The highest BCUT2D eigenvalue weighted by Crippen LogP contribution is 2.28. The zero-order valence-corrected chi connectivity index (χ0v) is 14.4. The van der Waals surface area contributed by atoms with E-state index in [2.05, 4.69) is 21.2 Å². The Bertz CT molecular complexity index is 473. The molecule has 0 heterocycles. The molecule has 0 bridgehead atoms. The maximum absolute atomic E-state index is 12.1. The molecule has 0 fully saturated rings. The Labute approximate surface area is 129 Å². The molecule has 0 saturated heterocycles. The minimum Gasteiger partial charge on any atom is -0.495 e. The molecule has 1 aromatic rings. The summed E-state index contributed by atoms with van der Waals surface area (Å²) in [4.78, 5) is 14.0. The van der Waals surface area contributed by atoms with E-state index >= 15 is 0 Å². The lowest BCUT2D eigenvalue weighted by Gasteiger charge is -2.30. The van der Waals surface area contributed by atoms with Crippen LogP contribution >= 0.6 is 15.9 Å². The van der Waals surface area contributed by atoms with Crippen LogP contribution in [-0.2, 0) is 11.2 Å². The predicted octanol–water partition coefficient (Wildman–Crippen LogP) is 2.46. The van der Waals surface area contributed by atoms with Gasteiger partial charge in [0, 0.05) is 6.54 Å². The van der Waals surface area contributed by atoms with Crippen LogP contribution in [0.25, 0.3) is 0 Å². The van der Waals surface area contributed by atoms with Gasteiger partial charge in [-0.15, -0.1) is 0 Å². The summed E-state index contributed by atoms with van der Waals surface area (Å²) in [6.07, 6.45) is 0.734. The van der Waals surface area contributed by atoms with E-state index in [1.165, 1.54) is 0 Å². The molecule has 0 spiro atoms. The Balaban J connectivity index is 2.62. The number of ether oxygens (including phenoxy) is 1. The first-order chi connectivity index (χ1) is 9.30. The highest BCUT2D eigenvalue weighted by atomic mass is 79.9. The summed E-state index contributed by atoms with van der Waals surface area (Å²) in [5.74, 6) is 0.852. The second-order valence-corrected chi connectivity index (χ2v) is 6.25. The number of likely N-dealkylation sites (N-methyl/N-ethyl adjacent to an activating group) is 1. The van der Waals surface area contributed by atoms with E-state index in [1.54, 1.807) is 7.11 Å². The summed E-state index contributed by atoms with van der Waals surface area (Å²) in [5, 5.41) is 2.97. The molecule has 0 saturated carbocycles. The van der Waals surface area contributed by atoms with E-state index < -0.39 is 5.54 Å². The van der Waals surface area contributed by atoms with Gasteiger partial charge in [-0.3, -0.25) is 9.69 Å². The van der Waals surface area contributed by atoms with Crippen molar-refractivity contribution in [2.75, 3.05) is 27.7 Å². The Morgan fingerprint density at radius 3 is 2.60 bits per heavy atom. The molecule has 20 heavy (non-hydrogen) atoms. The van der Waals surface area contributed by atoms with Crippen LogP contribution in [0.5, 0.6) is 5.75 Å². The minimum atomic E-state index is -0.513. The topological polar surface area (TPSA) is 41.6 Å². The van der Waals surface area contributed by atoms with Crippen molar-refractivity contribution in [3.05, 3.63) is 28.2 Å². The molecule has 0 atom stereocenters. The number of carbonyl (C=O) groups is 1. The Morgan fingerprint density at radius 2 is 2.05 bits per heavy atom. The van der Waals surface area contributed by atoms with E-state index in [0.717, 1.165) is 22.2 Å². The summed E-state index contributed by atoms with van der Waals surface area (Å²) in [6, 6.07) is 5.91. The van der Waals surface area contributed by atoms with Crippen LogP contribution in [-0.4, -0.2) is 44.1 Å². The largest absolute Gasteiger partial charge is 0.495 e. The number of rotatable bonds is 6. The van der Waals surface area contributed by atoms with Crippen molar-refractivity contribution >= 4 is 21.8 Å². The van der Waals surface area contributed by atoms with Crippen LogP contribution in [0.15, 0.2) is 22.7 Å². The van der Waals surface area contributed by atoms with Crippen LogP contribution in [0.2, 0.25) is 0 Å². The first-order valence-electron chi connectivity index (χ1n) is 6.57. The molecule has 1 aromatic carbocycles. The smallest absolute Gasteiger partial charge is 0.239 e. The first-order valence-corrected chi connectivity index (χ1v) is 7.37. The average molecular weight is 343 g/mol. The molecular formula is C15H23BrN2O2. The molecule has 0 unspecified atom stereocenters. The average Bonchev–Trinajstić information content (AvgIpc) is 2.38. The number of hydrogen-bond donors (Lipinski definition) is 1. The van der Waals surface area contributed by atoms with Crippen LogP contribution in [0.4, 0.5) is 0 Å². The van der Waals surface area contributed by atoms with Gasteiger partial charge in [-0.05, 0) is 61.9 Å². The fourth-order valence-corrected chi connectivity index (χ4v) is 2.28. The summed E-state index contributed by atoms with van der Waals surface area (Å²) in [5.41, 5.74) is 0.561. The van der Waals surface area contributed by atoms with Gasteiger partial charge in [0.25, 0.3) is 0 Å². The van der Waals surface area contributed by atoms with Crippen molar-refractivity contribution in [3.8, 4) is 5.75 Å². The van der Waals surface area contributed by atoms with E-state index in [0.29, 0.717) is 6.54 Å². The molecule has 1 rings (SSSR count). The minimum absolute atomic E-state index is 0.0245. The lowest BCUT2D eigenvalue weighted by Crippen LogP contribution is -2.52. The molecule has 112 valence electrons. The number of amides is 1. The maximum Gasteiger partial charge on any atom is 0.239 e. The van der Waals surface area contributed by atoms with E-state index in [1.807, 2.05) is 51.0 Å². The van der Waals surface area contributed by atoms with Crippen molar-refractivity contribution in [2.45, 2.75) is 25.8 Å². The van der Waals surface area contributed by atoms with E-state index in [9.17, 15) is 4.79 Å². The number of nitrogens with one attached hydrogen (secondary N) is 1. The van der Waals surface area contributed by atoms with Crippen LogP contribution in [0.1, 0.15) is 19.4 Å². The van der Waals surface area contributed by atoms with Gasteiger partial charge >= 0.3 is 0 Å². The first kappa shape index (κ1) is 17.0. The summed E-state index contributed by atoms with van der Waals surface area (Å²) >= 11 is 3.46. The van der Waals surface area contributed by atoms with Gasteiger partial charge in [0.15, 0.2) is 0 Å². The maximum atomic E-state index is 12.1. The zero-order chi connectivity index (χ0) is 15.3. The van der Waals surface area contributed by atoms with Crippen LogP contribution < -0.4 is 10.1 Å². The summed E-state index contributed by atoms with van der Waals surface area (Å²) in [6.45, 7) is 4.40. The number of nitrogens with zero attached hydrogens (tertiary/aromatic N) is 1. The molecule has 1 amide bonds. The van der Waals surface area contributed by atoms with Crippen LogP contribution in [0, 0.1) is 0 Å². The molecular weight excluding hydrogens is 320 g/mol. The lowest BCUT2D eigenvalue weighted by atomic mass is 10.0. The third-order valence-corrected chi connectivity index (χ3v) is 4.23. The van der Waals surface area contributed by atoms with Gasteiger partial charge < -0.3 is 10.1 Å². The van der Waals surface area contributed by atoms with Gasteiger partial charge in [-0.25, -0.2) is 0 Å². The summed E-state index contributed by atoms with van der Waals surface area (Å²) < 4.78 is 6.30. The van der Waals surface area contributed by atoms with Gasteiger partial charge in [0.05, 0.1) is 17.1 Å². The second kappa shape index (κ2) is 7.09. The Morgan fingerprint density at radius 1 is 1.40 bits per heavy atom. The van der Waals surface area contributed by atoms with Crippen molar-refractivity contribution < 1.29 is 9.53 Å². The molecule has 0 aliphatic heterocycles. The quantitative estimate of drug-likeness (QED) is 0.863. The predicted molar refractivity (Wildman–Crippen MR) is 85.2 cm³/mol. The fourth-order valence-electron chi connectivity index (χ4n) is 1.71. The molecule has 4 nitrogen and oxygen atoms in total. The fraction of sp³-hybridized carbons (Fsp3) is 0.533. The lowest BCUT2D eigenvalue weighted by molar-refractivity contribution is -0.130. The highest BCUT2D eigenvalue weighted by Gasteiger charge is 2.29. The molecule has 0 aromatic heterocycles. The number of carbonyl (C=O) groups excluding carboxylic acids is 1. The second-order valence-electron chi connectivity index (χ2n) is 5.39. The zero-order valence-electron chi connectivity index (χ0n) is 12.8.